The Morgan fingerprint density at radius 3 is 2.60 bits per heavy atom. The minimum atomic E-state index is -1.03. The van der Waals surface area contributed by atoms with Crippen molar-refractivity contribution in [3.63, 3.8) is 0 Å². The Balaban J connectivity index is 2.05. The molecule has 2 N–H and O–H groups in total. The van der Waals surface area contributed by atoms with Gasteiger partial charge in [-0.15, -0.1) is 0 Å². The van der Waals surface area contributed by atoms with Crippen molar-refractivity contribution in [2.24, 2.45) is 0 Å². The SMILES string of the molecule is Cc1ccc(F)c(OCC(=O)NC(CC(=O)O)c2ccccc2C)c1. The number of amides is 1. The molecule has 0 radical (unpaired) electrons. The van der Waals surface area contributed by atoms with Gasteiger partial charge in [-0.05, 0) is 42.7 Å². The molecule has 132 valence electrons. The molecule has 0 heterocycles. The van der Waals surface area contributed by atoms with Crippen LogP contribution in [-0.4, -0.2) is 23.6 Å². The molecule has 6 heteroatoms. The number of hydrogen-bond donors (Lipinski definition) is 2. The quantitative estimate of drug-likeness (QED) is 0.808. The molecule has 25 heavy (non-hydrogen) atoms. The van der Waals surface area contributed by atoms with E-state index in [9.17, 15) is 14.0 Å². The molecule has 0 aliphatic carbocycles. The minimum absolute atomic E-state index is 0.0131. The Hall–Kier alpha value is -2.89. The lowest BCUT2D eigenvalue weighted by atomic mass is 9.99. The van der Waals surface area contributed by atoms with Gasteiger partial charge in [-0.2, -0.15) is 0 Å². The number of rotatable bonds is 7. The van der Waals surface area contributed by atoms with E-state index >= 15 is 0 Å². The largest absolute Gasteiger partial charge is 0.481 e. The number of benzene rings is 2. The van der Waals surface area contributed by atoms with Crippen molar-refractivity contribution in [2.75, 3.05) is 6.61 Å². The van der Waals surface area contributed by atoms with Gasteiger partial charge in [-0.25, -0.2) is 4.39 Å². The molecule has 0 bridgehead atoms. The van der Waals surface area contributed by atoms with E-state index in [1.807, 2.05) is 19.1 Å². The number of carbonyl (C=O) groups is 2. The summed E-state index contributed by atoms with van der Waals surface area (Å²) in [6.45, 7) is 3.23. The Kier molecular flexibility index (Phi) is 6.11. The maximum absolute atomic E-state index is 13.6. The zero-order valence-corrected chi connectivity index (χ0v) is 14.1. The van der Waals surface area contributed by atoms with Gasteiger partial charge in [-0.3, -0.25) is 9.59 Å². The van der Waals surface area contributed by atoms with E-state index in [1.54, 1.807) is 25.1 Å². The summed E-state index contributed by atoms with van der Waals surface area (Å²) in [6, 6.07) is 10.9. The van der Waals surface area contributed by atoms with Crippen LogP contribution in [-0.2, 0) is 9.59 Å². The van der Waals surface area contributed by atoms with Gasteiger partial charge in [0.05, 0.1) is 12.5 Å². The second-order valence-corrected chi connectivity index (χ2v) is 5.80. The molecule has 2 aromatic carbocycles. The van der Waals surface area contributed by atoms with E-state index in [4.69, 9.17) is 9.84 Å². The number of carboxylic acids is 1. The number of aliphatic carboxylic acids is 1. The van der Waals surface area contributed by atoms with Crippen molar-refractivity contribution < 1.29 is 23.8 Å². The molecule has 0 spiro atoms. The molecule has 1 unspecified atom stereocenters. The average Bonchev–Trinajstić information content (AvgIpc) is 2.55. The molecule has 0 aliphatic heterocycles. The lowest BCUT2D eigenvalue weighted by Crippen LogP contribution is -2.34. The van der Waals surface area contributed by atoms with Gasteiger partial charge < -0.3 is 15.2 Å². The van der Waals surface area contributed by atoms with Crippen LogP contribution in [0.5, 0.6) is 5.75 Å². The third-order valence-electron chi connectivity index (χ3n) is 3.72. The van der Waals surface area contributed by atoms with Crippen LogP contribution < -0.4 is 10.1 Å². The summed E-state index contributed by atoms with van der Waals surface area (Å²) < 4.78 is 18.9. The predicted octanol–water partition coefficient (Wildman–Crippen LogP) is 3.15. The standard InChI is InChI=1S/C19H20FNO4/c1-12-7-8-15(20)17(9-12)25-11-18(22)21-16(10-19(23)24)14-6-4-3-5-13(14)2/h3-9,16H,10-11H2,1-2H3,(H,21,22)(H,23,24). The first-order valence-corrected chi connectivity index (χ1v) is 7.82. The number of nitrogens with one attached hydrogen (secondary N) is 1. The fraction of sp³-hybridized carbons (Fsp3) is 0.263. The maximum Gasteiger partial charge on any atom is 0.305 e. The third kappa shape index (κ3) is 5.31. The lowest BCUT2D eigenvalue weighted by molar-refractivity contribution is -0.137. The van der Waals surface area contributed by atoms with Gasteiger partial charge >= 0.3 is 5.97 Å². The smallest absolute Gasteiger partial charge is 0.305 e. The van der Waals surface area contributed by atoms with Gasteiger partial charge in [0.15, 0.2) is 18.2 Å². The number of halogens is 1. The molecule has 0 aromatic heterocycles. The minimum Gasteiger partial charge on any atom is -0.481 e. The van der Waals surface area contributed by atoms with Crippen molar-refractivity contribution >= 4 is 11.9 Å². The first kappa shape index (κ1) is 18.4. The number of aryl methyl sites for hydroxylation is 2. The van der Waals surface area contributed by atoms with Crippen LogP contribution in [0.15, 0.2) is 42.5 Å². The summed E-state index contributed by atoms with van der Waals surface area (Å²) in [7, 11) is 0. The van der Waals surface area contributed by atoms with Crippen molar-refractivity contribution in [3.05, 3.63) is 65.0 Å². The lowest BCUT2D eigenvalue weighted by Gasteiger charge is -2.19. The third-order valence-corrected chi connectivity index (χ3v) is 3.72. The Morgan fingerprint density at radius 1 is 1.20 bits per heavy atom. The summed E-state index contributed by atoms with van der Waals surface area (Å²) in [5, 5.41) is 11.7. The van der Waals surface area contributed by atoms with Gasteiger partial charge in [0.2, 0.25) is 0 Å². The number of carboxylic acid groups (broad SMARTS) is 1. The van der Waals surface area contributed by atoms with E-state index in [0.29, 0.717) is 0 Å². The molecule has 1 atom stereocenters. The van der Waals surface area contributed by atoms with Crippen LogP contribution in [0.1, 0.15) is 29.2 Å². The zero-order chi connectivity index (χ0) is 18.4. The van der Waals surface area contributed by atoms with Crippen LogP contribution in [0.4, 0.5) is 4.39 Å². The van der Waals surface area contributed by atoms with Gasteiger partial charge in [0.1, 0.15) is 0 Å². The summed E-state index contributed by atoms with van der Waals surface area (Å²) in [4.78, 5) is 23.2. The van der Waals surface area contributed by atoms with Crippen molar-refractivity contribution in [2.45, 2.75) is 26.3 Å². The van der Waals surface area contributed by atoms with Crippen molar-refractivity contribution in [3.8, 4) is 5.75 Å². The summed E-state index contributed by atoms with van der Waals surface area (Å²) in [6.07, 6.45) is -0.255. The van der Waals surface area contributed by atoms with Crippen LogP contribution >= 0.6 is 0 Å². The normalized spacial score (nSPS) is 11.6. The fourth-order valence-electron chi connectivity index (χ4n) is 2.49. The summed E-state index contributed by atoms with van der Waals surface area (Å²) in [5.74, 6) is -2.12. The van der Waals surface area contributed by atoms with Gasteiger partial charge in [0, 0.05) is 0 Å². The first-order chi connectivity index (χ1) is 11.9. The second kappa shape index (κ2) is 8.28. The zero-order valence-electron chi connectivity index (χ0n) is 14.1. The Morgan fingerprint density at radius 2 is 1.92 bits per heavy atom. The molecule has 0 saturated heterocycles. The topological polar surface area (TPSA) is 75.6 Å². The molecule has 5 nitrogen and oxygen atoms in total. The maximum atomic E-state index is 13.6. The first-order valence-electron chi connectivity index (χ1n) is 7.82. The van der Waals surface area contributed by atoms with E-state index < -0.39 is 30.3 Å². The van der Waals surface area contributed by atoms with Crippen LogP contribution in [0.3, 0.4) is 0 Å². The highest BCUT2D eigenvalue weighted by Crippen LogP contribution is 2.21. The van der Waals surface area contributed by atoms with Crippen LogP contribution in [0.2, 0.25) is 0 Å². The molecule has 1 amide bonds. The molecule has 0 saturated carbocycles. The Labute approximate surface area is 145 Å². The Bertz CT molecular complexity index is 776. The summed E-state index contributed by atoms with van der Waals surface area (Å²) >= 11 is 0. The van der Waals surface area contributed by atoms with Gasteiger partial charge in [0.25, 0.3) is 5.91 Å². The van der Waals surface area contributed by atoms with Gasteiger partial charge in [-0.1, -0.05) is 30.3 Å². The van der Waals surface area contributed by atoms with E-state index in [0.717, 1.165) is 16.7 Å². The number of ether oxygens (including phenoxy) is 1. The second-order valence-electron chi connectivity index (χ2n) is 5.80. The molecular formula is C19H20FNO4. The van der Waals surface area contributed by atoms with Crippen molar-refractivity contribution in [1.29, 1.82) is 0 Å². The molecule has 2 rings (SSSR count). The monoisotopic (exact) mass is 345 g/mol. The highest BCUT2D eigenvalue weighted by molar-refractivity contribution is 5.79. The number of hydrogen-bond acceptors (Lipinski definition) is 3. The van der Waals surface area contributed by atoms with E-state index in [2.05, 4.69) is 5.32 Å². The summed E-state index contributed by atoms with van der Waals surface area (Å²) in [5.41, 5.74) is 2.40. The van der Waals surface area contributed by atoms with Crippen LogP contribution in [0, 0.1) is 19.7 Å². The molecule has 2 aromatic rings. The average molecular weight is 345 g/mol. The highest BCUT2D eigenvalue weighted by atomic mass is 19.1. The molecule has 0 aliphatic rings. The number of carbonyl (C=O) groups excluding carboxylic acids is 1. The fourth-order valence-corrected chi connectivity index (χ4v) is 2.49. The van der Waals surface area contributed by atoms with Crippen molar-refractivity contribution in [1.82, 2.24) is 5.32 Å². The van der Waals surface area contributed by atoms with Crippen LogP contribution in [0.25, 0.3) is 0 Å². The molecular weight excluding hydrogens is 325 g/mol. The molecule has 0 fully saturated rings. The van der Waals surface area contributed by atoms with E-state index in [1.165, 1.54) is 12.1 Å². The predicted molar refractivity (Wildman–Crippen MR) is 90.9 cm³/mol. The highest BCUT2D eigenvalue weighted by Gasteiger charge is 2.20. The van der Waals surface area contributed by atoms with E-state index in [-0.39, 0.29) is 12.2 Å².